The minimum absolute atomic E-state index is 0.0236. The second kappa shape index (κ2) is 9.32. The highest BCUT2D eigenvalue weighted by Gasteiger charge is 2.44. The van der Waals surface area contributed by atoms with Crippen molar-refractivity contribution in [2.45, 2.75) is 19.1 Å². The summed E-state index contributed by atoms with van der Waals surface area (Å²) in [4.78, 5) is 11.2. The summed E-state index contributed by atoms with van der Waals surface area (Å²) in [6.45, 7) is -0.181. The average molecular weight is 453 g/mol. The average Bonchev–Trinajstić information content (AvgIpc) is 2.72. The second-order valence-electron chi connectivity index (χ2n) is 6.27. The molecular weight excluding hydrogens is 437 g/mol. The van der Waals surface area contributed by atoms with E-state index in [-0.39, 0.29) is 24.7 Å². The Kier molecular flexibility index (Phi) is 6.80. The fraction of sp³-hybridized carbons (Fsp3) is 0.136. The van der Waals surface area contributed by atoms with Crippen molar-refractivity contribution >= 4 is 29.2 Å². The zero-order valence-electron chi connectivity index (χ0n) is 15.4. The number of rotatable bonds is 8. The molecule has 0 saturated heterocycles. The standard InChI is InChI=1S/C22H16Cl2F2O4/c23-17-9-3-1-6-14(17)12-29-19-11-5-8-16(22(25,26)21(27)28)20(19)30-13-15-7-2-4-10-18(15)24/h1-11H,12-13H2,(H,27,28). The van der Waals surface area contributed by atoms with Gasteiger partial charge in [0, 0.05) is 21.2 Å². The molecule has 0 aliphatic carbocycles. The third kappa shape index (κ3) is 4.83. The Morgan fingerprint density at radius 1 is 0.833 bits per heavy atom. The maximum atomic E-state index is 14.4. The van der Waals surface area contributed by atoms with Crippen LogP contribution in [-0.4, -0.2) is 11.1 Å². The zero-order chi connectivity index (χ0) is 21.7. The van der Waals surface area contributed by atoms with E-state index < -0.39 is 17.5 Å². The van der Waals surface area contributed by atoms with Crippen LogP contribution >= 0.6 is 23.2 Å². The zero-order valence-corrected chi connectivity index (χ0v) is 17.0. The van der Waals surface area contributed by atoms with Crippen molar-refractivity contribution in [1.29, 1.82) is 0 Å². The maximum absolute atomic E-state index is 14.4. The quantitative estimate of drug-likeness (QED) is 0.433. The molecule has 3 rings (SSSR count). The predicted molar refractivity (Wildman–Crippen MR) is 110 cm³/mol. The number of benzene rings is 3. The third-order valence-electron chi connectivity index (χ3n) is 4.26. The topological polar surface area (TPSA) is 55.8 Å². The van der Waals surface area contributed by atoms with Gasteiger partial charge in [0.15, 0.2) is 11.5 Å². The van der Waals surface area contributed by atoms with Gasteiger partial charge in [-0.25, -0.2) is 4.79 Å². The summed E-state index contributed by atoms with van der Waals surface area (Å²) in [5.41, 5.74) is 0.356. The number of carbonyl (C=O) groups is 1. The molecule has 3 aromatic carbocycles. The van der Waals surface area contributed by atoms with Crippen molar-refractivity contribution in [2.24, 2.45) is 0 Å². The van der Waals surface area contributed by atoms with E-state index in [1.54, 1.807) is 48.5 Å². The van der Waals surface area contributed by atoms with Crippen LogP contribution in [0, 0.1) is 0 Å². The van der Waals surface area contributed by atoms with Crippen molar-refractivity contribution in [3.8, 4) is 11.5 Å². The molecule has 0 atom stereocenters. The smallest absolute Gasteiger partial charge is 0.379 e. The molecule has 0 heterocycles. The molecule has 3 aromatic rings. The number of carboxylic acid groups (broad SMARTS) is 1. The molecule has 4 nitrogen and oxygen atoms in total. The molecule has 0 aliphatic heterocycles. The van der Waals surface area contributed by atoms with E-state index in [1.165, 1.54) is 12.1 Å². The van der Waals surface area contributed by atoms with Gasteiger partial charge in [0.1, 0.15) is 13.2 Å². The Bertz CT molecular complexity index is 1060. The molecule has 0 unspecified atom stereocenters. The first-order chi connectivity index (χ1) is 14.3. The molecule has 0 saturated carbocycles. The lowest BCUT2D eigenvalue weighted by atomic mass is 10.1. The molecule has 0 bridgehead atoms. The van der Waals surface area contributed by atoms with Crippen LogP contribution in [0.4, 0.5) is 8.78 Å². The van der Waals surface area contributed by atoms with Gasteiger partial charge in [-0.3, -0.25) is 0 Å². The van der Waals surface area contributed by atoms with Crippen molar-refractivity contribution in [3.05, 3.63) is 93.5 Å². The van der Waals surface area contributed by atoms with Gasteiger partial charge in [0.2, 0.25) is 0 Å². The van der Waals surface area contributed by atoms with Crippen LogP contribution in [0.2, 0.25) is 10.0 Å². The largest absolute Gasteiger partial charge is 0.485 e. The van der Waals surface area contributed by atoms with Crippen LogP contribution in [0.5, 0.6) is 11.5 Å². The second-order valence-corrected chi connectivity index (χ2v) is 7.09. The number of ether oxygens (including phenoxy) is 2. The van der Waals surface area contributed by atoms with E-state index in [1.807, 2.05) is 0 Å². The first-order valence-corrected chi connectivity index (χ1v) is 9.53. The van der Waals surface area contributed by atoms with Gasteiger partial charge in [0.05, 0.1) is 5.56 Å². The van der Waals surface area contributed by atoms with Gasteiger partial charge in [-0.2, -0.15) is 8.78 Å². The molecule has 8 heteroatoms. The molecule has 0 amide bonds. The number of carboxylic acids is 1. The Balaban J connectivity index is 1.95. The summed E-state index contributed by atoms with van der Waals surface area (Å²) >= 11 is 12.2. The molecule has 0 spiro atoms. The molecule has 156 valence electrons. The van der Waals surface area contributed by atoms with Crippen LogP contribution < -0.4 is 9.47 Å². The van der Waals surface area contributed by atoms with Crippen molar-refractivity contribution in [3.63, 3.8) is 0 Å². The van der Waals surface area contributed by atoms with Crippen LogP contribution in [0.25, 0.3) is 0 Å². The normalized spacial score (nSPS) is 11.2. The van der Waals surface area contributed by atoms with Crippen molar-refractivity contribution < 1.29 is 28.2 Å². The first-order valence-electron chi connectivity index (χ1n) is 8.78. The summed E-state index contributed by atoms with van der Waals surface area (Å²) in [5, 5.41) is 9.83. The summed E-state index contributed by atoms with van der Waals surface area (Å²) < 4.78 is 40.0. The Morgan fingerprint density at radius 2 is 1.37 bits per heavy atom. The fourth-order valence-corrected chi connectivity index (χ4v) is 3.06. The van der Waals surface area contributed by atoms with Crippen molar-refractivity contribution in [1.82, 2.24) is 0 Å². The first kappa shape index (κ1) is 21.9. The van der Waals surface area contributed by atoms with E-state index in [2.05, 4.69) is 0 Å². The minimum Gasteiger partial charge on any atom is -0.485 e. The molecule has 0 aliphatic rings. The number of aliphatic carboxylic acids is 1. The Morgan fingerprint density at radius 3 is 1.90 bits per heavy atom. The lowest BCUT2D eigenvalue weighted by Gasteiger charge is -2.20. The molecule has 0 radical (unpaired) electrons. The Hall–Kier alpha value is -2.83. The number of alkyl halides is 2. The van der Waals surface area contributed by atoms with Gasteiger partial charge in [0.25, 0.3) is 0 Å². The van der Waals surface area contributed by atoms with Crippen molar-refractivity contribution in [2.75, 3.05) is 0 Å². The molecule has 1 N–H and O–H groups in total. The monoisotopic (exact) mass is 452 g/mol. The van der Waals surface area contributed by atoms with E-state index in [4.69, 9.17) is 37.8 Å². The molecular formula is C22H16Cl2F2O4. The van der Waals surface area contributed by atoms with Gasteiger partial charge in [-0.05, 0) is 24.3 Å². The van der Waals surface area contributed by atoms with E-state index in [0.717, 1.165) is 6.07 Å². The summed E-state index contributed by atoms with van der Waals surface area (Å²) in [6, 6.07) is 17.3. The summed E-state index contributed by atoms with van der Waals surface area (Å²) in [6.07, 6.45) is 0. The number of halogens is 4. The lowest BCUT2D eigenvalue weighted by Crippen LogP contribution is -2.26. The fourth-order valence-electron chi connectivity index (χ4n) is 2.68. The van der Waals surface area contributed by atoms with Gasteiger partial charge in [-0.1, -0.05) is 65.7 Å². The minimum atomic E-state index is -4.18. The summed E-state index contributed by atoms with van der Waals surface area (Å²) in [5.74, 6) is -6.90. The molecule has 0 aromatic heterocycles. The molecule has 0 fully saturated rings. The number of hydrogen-bond acceptors (Lipinski definition) is 3. The Labute approximate surface area is 181 Å². The van der Waals surface area contributed by atoms with E-state index in [0.29, 0.717) is 21.2 Å². The van der Waals surface area contributed by atoms with E-state index >= 15 is 0 Å². The highest BCUT2D eigenvalue weighted by Crippen LogP contribution is 2.42. The maximum Gasteiger partial charge on any atom is 0.379 e. The predicted octanol–water partition coefficient (Wildman–Crippen LogP) is 6.33. The SMILES string of the molecule is O=C(O)C(F)(F)c1cccc(OCc2ccccc2Cl)c1OCc1ccccc1Cl. The van der Waals surface area contributed by atoms with E-state index in [9.17, 15) is 13.6 Å². The van der Waals surface area contributed by atoms with Crippen LogP contribution in [-0.2, 0) is 23.9 Å². The third-order valence-corrected chi connectivity index (χ3v) is 4.99. The van der Waals surface area contributed by atoms with Gasteiger partial charge < -0.3 is 14.6 Å². The van der Waals surface area contributed by atoms with Gasteiger partial charge in [-0.15, -0.1) is 0 Å². The molecule has 30 heavy (non-hydrogen) atoms. The number of hydrogen-bond donors (Lipinski definition) is 1. The van der Waals surface area contributed by atoms with Crippen LogP contribution in [0.3, 0.4) is 0 Å². The van der Waals surface area contributed by atoms with Gasteiger partial charge >= 0.3 is 11.9 Å². The number of para-hydroxylation sites is 1. The highest BCUT2D eigenvalue weighted by molar-refractivity contribution is 6.31. The van der Waals surface area contributed by atoms with Crippen LogP contribution in [0.15, 0.2) is 66.7 Å². The summed E-state index contributed by atoms with van der Waals surface area (Å²) in [7, 11) is 0. The lowest BCUT2D eigenvalue weighted by molar-refractivity contribution is -0.166. The highest BCUT2D eigenvalue weighted by atomic mass is 35.5. The van der Waals surface area contributed by atoms with Crippen LogP contribution in [0.1, 0.15) is 16.7 Å².